The van der Waals surface area contributed by atoms with Crippen LogP contribution in [0, 0.1) is 5.82 Å². The van der Waals surface area contributed by atoms with Crippen LogP contribution >= 0.6 is 15.9 Å². The molecule has 0 bridgehead atoms. The van der Waals surface area contributed by atoms with Crippen molar-refractivity contribution >= 4 is 42.7 Å². The van der Waals surface area contributed by atoms with Gasteiger partial charge in [-0.1, -0.05) is 0 Å². The lowest BCUT2D eigenvalue weighted by atomic mass is 10.2. The molecule has 2 atom stereocenters. The zero-order chi connectivity index (χ0) is 16.4. The fourth-order valence-corrected chi connectivity index (χ4v) is 3.22. The molecule has 0 aliphatic carbocycles. The molecule has 3 N–H and O–H groups in total. The van der Waals surface area contributed by atoms with Crippen molar-refractivity contribution in [3.63, 3.8) is 0 Å². The van der Waals surface area contributed by atoms with Crippen LogP contribution in [0.2, 0.25) is 0 Å². The van der Waals surface area contributed by atoms with Gasteiger partial charge in [-0.3, -0.25) is 9.00 Å². The van der Waals surface area contributed by atoms with Gasteiger partial charge in [0.1, 0.15) is 5.82 Å². The summed E-state index contributed by atoms with van der Waals surface area (Å²) in [4.78, 5) is 11.4. The van der Waals surface area contributed by atoms with Gasteiger partial charge < -0.3 is 5.32 Å². The highest BCUT2D eigenvalue weighted by atomic mass is 79.9. The third-order valence-corrected chi connectivity index (χ3v) is 5.98. The zero-order valence-electron chi connectivity index (χ0n) is 11.2. The van der Waals surface area contributed by atoms with Crippen LogP contribution in [0.25, 0.3) is 0 Å². The molecule has 1 rings (SSSR count). The van der Waals surface area contributed by atoms with Crippen molar-refractivity contribution in [3.8, 4) is 0 Å². The van der Waals surface area contributed by atoms with Gasteiger partial charge in [-0.2, -0.15) is 0 Å². The van der Waals surface area contributed by atoms with Crippen molar-refractivity contribution < 1.29 is 21.8 Å². The molecule has 0 radical (unpaired) electrons. The molecule has 21 heavy (non-hydrogen) atoms. The van der Waals surface area contributed by atoms with E-state index >= 15 is 0 Å². The molecule has 118 valence electrons. The van der Waals surface area contributed by atoms with E-state index in [-0.39, 0.29) is 21.8 Å². The third-order valence-electron chi connectivity index (χ3n) is 2.68. The van der Waals surface area contributed by atoms with Gasteiger partial charge in [0.25, 0.3) is 5.91 Å². The number of amides is 1. The monoisotopic (exact) mass is 400 g/mol. The highest BCUT2D eigenvalue weighted by Crippen LogP contribution is 2.25. The predicted octanol–water partition coefficient (Wildman–Crippen LogP) is 0.732. The quantitative estimate of drug-likeness (QED) is 0.759. The van der Waals surface area contributed by atoms with Crippen molar-refractivity contribution in [2.45, 2.75) is 17.1 Å². The maximum atomic E-state index is 13.7. The average molecular weight is 401 g/mol. The minimum atomic E-state index is -4.17. The Bertz CT molecular complexity index is 694. The van der Waals surface area contributed by atoms with E-state index in [9.17, 15) is 21.8 Å². The number of hydrogen-bond donors (Lipinski definition) is 2. The number of halogens is 2. The largest absolute Gasteiger partial charge is 0.351 e. The molecule has 0 saturated carbocycles. The first-order valence-corrected chi connectivity index (χ1v) is 9.62. The molecule has 0 aliphatic rings. The standard InChI is InChI=1S/C11H14BrFN2O4S2/c1-6(20(2)17)5-15-11(16)7-3-8(13)10(12)9(4-7)21(14,18)19/h3-4,6H,5H2,1-2H3,(H,15,16)(H2,14,18,19). The number of sulfonamides is 1. The van der Waals surface area contributed by atoms with Crippen LogP contribution in [0.3, 0.4) is 0 Å². The Morgan fingerprint density at radius 1 is 1.52 bits per heavy atom. The van der Waals surface area contributed by atoms with Gasteiger partial charge in [0.2, 0.25) is 10.0 Å². The predicted molar refractivity (Wildman–Crippen MR) is 81.3 cm³/mol. The molecule has 0 saturated heterocycles. The Morgan fingerprint density at radius 2 is 2.10 bits per heavy atom. The van der Waals surface area contributed by atoms with Crippen LogP contribution in [-0.2, 0) is 20.8 Å². The van der Waals surface area contributed by atoms with Crippen molar-refractivity contribution in [1.29, 1.82) is 0 Å². The van der Waals surface area contributed by atoms with Gasteiger partial charge in [0, 0.05) is 34.4 Å². The summed E-state index contributed by atoms with van der Waals surface area (Å²) < 4.78 is 47.2. The van der Waals surface area contributed by atoms with Gasteiger partial charge in [0.05, 0.1) is 9.37 Å². The number of nitrogens with two attached hydrogens (primary N) is 1. The Kier molecular flexibility index (Phi) is 6.02. The Morgan fingerprint density at radius 3 is 2.57 bits per heavy atom. The first-order valence-electron chi connectivity index (χ1n) is 5.66. The molecule has 0 fully saturated rings. The molecule has 0 aliphatic heterocycles. The molecule has 10 heteroatoms. The Labute approximate surface area is 132 Å². The lowest BCUT2D eigenvalue weighted by Gasteiger charge is -2.11. The fourth-order valence-electron chi connectivity index (χ4n) is 1.36. The van der Waals surface area contributed by atoms with Crippen molar-refractivity contribution in [3.05, 3.63) is 28.0 Å². The van der Waals surface area contributed by atoms with Crippen LogP contribution in [-0.4, -0.2) is 36.6 Å². The first kappa shape index (κ1) is 18.2. The number of carbonyl (C=O) groups is 1. The van der Waals surface area contributed by atoms with E-state index in [1.54, 1.807) is 6.92 Å². The normalized spacial score (nSPS) is 14.5. The smallest absolute Gasteiger partial charge is 0.251 e. The second kappa shape index (κ2) is 6.95. The van der Waals surface area contributed by atoms with Crippen molar-refractivity contribution in [1.82, 2.24) is 5.32 Å². The summed E-state index contributed by atoms with van der Waals surface area (Å²) in [5.41, 5.74) is -0.186. The highest BCUT2D eigenvalue weighted by molar-refractivity contribution is 9.10. The van der Waals surface area contributed by atoms with Gasteiger partial charge in [-0.25, -0.2) is 17.9 Å². The fraction of sp³-hybridized carbons (Fsp3) is 0.364. The number of hydrogen-bond acceptors (Lipinski definition) is 4. The summed E-state index contributed by atoms with van der Waals surface area (Å²) in [6, 6.07) is 1.87. The van der Waals surface area contributed by atoms with Crippen molar-refractivity contribution in [2.75, 3.05) is 12.8 Å². The molecule has 0 aromatic heterocycles. The Balaban J connectivity index is 3.07. The van der Waals surface area contributed by atoms with Crippen LogP contribution in [0.4, 0.5) is 4.39 Å². The summed E-state index contributed by atoms with van der Waals surface area (Å²) in [7, 11) is -5.29. The van der Waals surface area contributed by atoms with E-state index in [0.29, 0.717) is 0 Å². The van der Waals surface area contributed by atoms with Crippen LogP contribution in [0.1, 0.15) is 17.3 Å². The average Bonchev–Trinajstić information content (AvgIpc) is 2.36. The molecule has 6 nitrogen and oxygen atoms in total. The topological polar surface area (TPSA) is 106 Å². The molecule has 1 amide bonds. The maximum Gasteiger partial charge on any atom is 0.251 e. The van der Waals surface area contributed by atoms with Crippen molar-refractivity contribution in [2.24, 2.45) is 5.14 Å². The number of rotatable bonds is 5. The molecule has 2 unspecified atom stereocenters. The number of primary sulfonamides is 1. The zero-order valence-corrected chi connectivity index (χ0v) is 14.4. The van der Waals surface area contributed by atoms with E-state index < -0.39 is 37.4 Å². The van der Waals surface area contributed by atoms with E-state index in [1.807, 2.05) is 0 Å². The number of carbonyl (C=O) groups excluding carboxylic acids is 1. The molecular formula is C11H14BrFN2O4S2. The lowest BCUT2D eigenvalue weighted by Crippen LogP contribution is -2.32. The summed E-state index contributed by atoms with van der Waals surface area (Å²) in [6.45, 7) is 1.79. The lowest BCUT2D eigenvalue weighted by molar-refractivity contribution is 0.0953. The second-order valence-corrected chi connectivity index (χ2v) is 8.46. The minimum absolute atomic E-state index is 0.115. The van der Waals surface area contributed by atoms with Gasteiger partial charge in [-0.15, -0.1) is 0 Å². The summed E-state index contributed by atoms with van der Waals surface area (Å²) in [5, 5.41) is 7.13. The van der Waals surface area contributed by atoms with Gasteiger partial charge in [-0.05, 0) is 35.0 Å². The SMILES string of the molecule is CC(CNC(=O)c1cc(F)c(Br)c(S(N)(=O)=O)c1)S(C)=O. The molecule has 1 aromatic carbocycles. The molecule has 0 spiro atoms. The van der Waals surface area contributed by atoms with E-state index in [4.69, 9.17) is 5.14 Å². The van der Waals surface area contributed by atoms with E-state index in [1.165, 1.54) is 6.26 Å². The summed E-state index contributed by atoms with van der Waals surface area (Å²) in [5.74, 6) is -1.60. The number of nitrogens with one attached hydrogen (secondary N) is 1. The number of benzene rings is 1. The second-order valence-electron chi connectivity index (χ2n) is 4.33. The molecule has 1 aromatic rings. The highest BCUT2D eigenvalue weighted by Gasteiger charge is 2.20. The van der Waals surface area contributed by atoms with Crippen LogP contribution in [0.15, 0.2) is 21.5 Å². The summed E-state index contributed by atoms with van der Waals surface area (Å²) >= 11 is 2.77. The first-order chi connectivity index (χ1) is 9.54. The van der Waals surface area contributed by atoms with Gasteiger partial charge >= 0.3 is 0 Å². The third kappa shape index (κ3) is 4.83. The van der Waals surface area contributed by atoms with E-state index in [2.05, 4.69) is 21.2 Å². The summed E-state index contributed by atoms with van der Waals surface area (Å²) in [6.07, 6.45) is 1.50. The maximum absolute atomic E-state index is 13.7. The molecule has 0 heterocycles. The minimum Gasteiger partial charge on any atom is -0.351 e. The van der Waals surface area contributed by atoms with Gasteiger partial charge in [0.15, 0.2) is 0 Å². The van der Waals surface area contributed by atoms with E-state index in [0.717, 1.165) is 12.1 Å². The Hall–Kier alpha value is -0.840. The van der Waals surface area contributed by atoms with Crippen LogP contribution < -0.4 is 10.5 Å². The molecular weight excluding hydrogens is 387 g/mol. The van der Waals surface area contributed by atoms with Crippen LogP contribution in [0.5, 0.6) is 0 Å².